The number of alkyl halides is 3. The summed E-state index contributed by atoms with van der Waals surface area (Å²) in [6.45, 7) is 3.61. The SMILES string of the molecule is CCC(CC)(c1ccc(Nc2ncc(C(F)(F)F)c(Nc3cnc(C4CCC(O)CC4)c4c3C(=O)N(C)C4)n2)c(OC)c1)P(=O)(O)O. The van der Waals surface area contributed by atoms with E-state index < -0.39 is 30.3 Å². The second-order valence-corrected chi connectivity index (χ2v) is 13.9. The predicted molar refractivity (Wildman–Crippen MR) is 168 cm³/mol. The predicted octanol–water partition coefficient (Wildman–Crippen LogP) is 6.18. The van der Waals surface area contributed by atoms with Crippen LogP contribution in [-0.4, -0.2) is 60.9 Å². The van der Waals surface area contributed by atoms with Crippen molar-refractivity contribution < 1.29 is 42.2 Å². The molecule has 0 spiro atoms. The van der Waals surface area contributed by atoms with Gasteiger partial charge in [0.1, 0.15) is 17.1 Å². The van der Waals surface area contributed by atoms with Crippen LogP contribution in [0.25, 0.3) is 0 Å². The number of halogens is 3. The summed E-state index contributed by atoms with van der Waals surface area (Å²) in [6, 6.07) is 4.49. The van der Waals surface area contributed by atoms with Crippen LogP contribution in [0.1, 0.15) is 91.0 Å². The topological polar surface area (TPSA) is 170 Å². The van der Waals surface area contributed by atoms with Gasteiger partial charge in [0.2, 0.25) is 5.95 Å². The quantitative estimate of drug-likeness (QED) is 0.155. The van der Waals surface area contributed by atoms with E-state index in [1.54, 1.807) is 20.9 Å². The van der Waals surface area contributed by atoms with Crippen molar-refractivity contribution in [3.63, 3.8) is 0 Å². The normalized spacial score (nSPS) is 18.7. The molecule has 5 N–H and O–H groups in total. The highest BCUT2D eigenvalue weighted by atomic mass is 31.2. The molecule has 16 heteroatoms. The lowest BCUT2D eigenvalue weighted by molar-refractivity contribution is -0.137. The largest absolute Gasteiger partial charge is 0.495 e. The monoisotopic (exact) mass is 678 g/mol. The van der Waals surface area contributed by atoms with Crippen LogP contribution in [0.4, 0.5) is 36.3 Å². The first-order chi connectivity index (χ1) is 22.1. The molecule has 2 aromatic heterocycles. The Bertz CT molecular complexity index is 1710. The Balaban J connectivity index is 1.52. The third-order valence-electron chi connectivity index (χ3n) is 9.31. The van der Waals surface area contributed by atoms with Gasteiger partial charge in [0.05, 0.1) is 41.5 Å². The van der Waals surface area contributed by atoms with E-state index in [0.29, 0.717) is 48.7 Å². The molecule has 1 aromatic carbocycles. The van der Waals surface area contributed by atoms with Gasteiger partial charge in [-0.15, -0.1) is 0 Å². The molecule has 0 radical (unpaired) electrons. The fourth-order valence-electron chi connectivity index (χ4n) is 6.58. The molecule has 254 valence electrons. The zero-order valence-corrected chi connectivity index (χ0v) is 27.3. The van der Waals surface area contributed by atoms with Gasteiger partial charge in [0.25, 0.3) is 5.91 Å². The van der Waals surface area contributed by atoms with E-state index in [2.05, 4.69) is 25.6 Å². The van der Waals surface area contributed by atoms with E-state index in [9.17, 15) is 37.4 Å². The molecule has 0 atom stereocenters. The number of aliphatic hydroxyl groups excluding tert-OH is 1. The van der Waals surface area contributed by atoms with E-state index in [1.807, 2.05) is 0 Å². The van der Waals surface area contributed by atoms with Crippen molar-refractivity contribution >= 4 is 36.6 Å². The number of benzene rings is 1. The molecule has 3 aromatic rings. The van der Waals surface area contributed by atoms with E-state index in [-0.39, 0.29) is 66.0 Å². The molecule has 1 fully saturated rings. The molecule has 0 bridgehead atoms. The Morgan fingerprint density at radius 2 is 1.72 bits per heavy atom. The molecule has 0 saturated heterocycles. The second kappa shape index (κ2) is 13.0. The van der Waals surface area contributed by atoms with Gasteiger partial charge in [-0.05, 0) is 56.2 Å². The number of rotatable bonds is 10. The highest BCUT2D eigenvalue weighted by Crippen LogP contribution is 2.61. The lowest BCUT2D eigenvalue weighted by Crippen LogP contribution is -2.24. The highest BCUT2D eigenvalue weighted by Gasteiger charge is 2.45. The Kier molecular flexibility index (Phi) is 9.57. The molecule has 1 aliphatic heterocycles. The summed E-state index contributed by atoms with van der Waals surface area (Å²) in [5.41, 5.74) is 1.07. The maximum absolute atomic E-state index is 14.2. The minimum absolute atomic E-state index is 0.0176. The van der Waals surface area contributed by atoms with Gasteiger partial charge in [-0.1, -0.05) is 19.9 Å². The lowest BCUT2D eigenvalue weighted by Gasteiger charge is -2.33. The Hall–Kier alpha value is -3.78. The average molecular weight is 679 g/mol. The third kappa shape index (κ3) is 6.54. The van der Waals surface area contributed by atoms with Gasteiger partial charge in [-0.3, -0.25) is 14.3 Å². The number of aliphatic hydroxyl groups is 1. The fourth-order valence-corrected chi connectivity index (χ4v) is 7.88. The number of carbonyl (C=O) groups excluding carboxylic acids is 1. The first-order valence-electron chi connectivity index (χ1n) is 15.3. The number of carbonyl (C=O) groups is 1. The summed E-state index contributed by atoms with van der Waals surface area (Å²) >= 11 is 0. The third-order valence-corrected chi connectivity index (χ3v) is 11.3. The summed E-state index contributed by atoms with van der Waals surface area (Å²) in [4.78, 5) is 47.7. The maximum atomic E-state index is 14.2. The van der Waals surface area contributed by atoms with E-state index >= 15 is 0 Å². The van der Waals surface area contributed by atoms with Gasteiger partial charge in [-0.2, -0.15) is 18.2 Å². The van der Waals surface area contributed by atoms with Crippen LogP contribution in [-0.2, 0) is 22.4 Å². The van der Waals surface area contributed by atoms with Crippen LogP contribution in [0.3, 0.4) is 0 Å². The molecule has 2 aliphatic rings. The van der Waals surface area contributed by atoms with Gasteiger partial charge < -0.3 is 35.2 Å². The molecule has 1 aliphatic carbocycles. The molecular formula is C31H38F3N6O6P. The molecule has 47 heavy (non-hydrogen) atoms. The number of fused-ring (bicyclic) bond motifs is 1. The van der Waals surface area contributed by atoms with Crippen molar-refractivity contribution in [2.24, 2.45) is 0 Å². The molecular weight excluding hydrogens is 640 g/mol. The van der Waals surface area contributed by atoms with Crippen molar-refractivity contribution in [1.29, 1.82) is 0 Å². The molecule has 1 amide bonds. The highest BCUT2D eigenvalue weighted by molar-refractivity contribution is 7.53. The lowest BCUT2D eigenvalue weighted by atomic mass is 9.83. The second-order valence-electron chi connectivity index (χ2n) is 12.0. The molecule has 5 rings (SSSR count). The Morgan fingerprint density at radius 3 is 2.32 bits per heavy atom. The van der Waals surface area contributed by atoms with E-state index in [1.165, 1.54) is 36.4 Å². The van der Waals surface area contributed by atoms with Gasteiger partial charge in [0, 0.05) is 37.0 Å². The first kappa shape index (κ1) is 34.6. The number of nitrogens with zero attached hydrogens (tertiary/aromatic N) is 4. The van der Waals surface area contributed by atoms with Crippen LogP contribution < -0.4 is 15.4 Å². The van der Waals surface area contributed by atoms with Crippen LogP contribution >= 0.6 is 7.60 Å². The van der Waals surface area contributed by atoms with Gasteiger partial charge in [-0.25, -0.2) is 4.98 Å². The van der Waals surface area contributed by atoms with Crippen LogP contribution in [0.15, 0.2) is 30.6 Å². The summed E-state index contributed by atoms with van der Waals surface area (Å²) in [5, 5.41) is 14.1. The molecule has 0 unspecified atom stereocenters. The van der Waals surface area contributed by atoms with Crippen molar-refractivity contribution in [2.75, 3.05) is 24.8 Å². The number of ether oxygens (including phenoxy) is 1. The Morgan fingerprint density at radius 1 is 1.04 bits per heavy atom. The first-order valence-corrected chi connectivity index (χ1v) is 16.9. The van der Waals surface area contributed by atoms with Crippen LogP contribution in [0.2, 0.25) is 0 Å². The van der Waals surface area contributed by atoms with Gasteiger partial charge in [0.15, 0.2) is 0 Å². The van der Waals surface area contributed by atoms with Crippen LogP contribution in [0, 0.1) is 0 Å². The smallest absolute Gasteiger partial charge is 0.421 e. The summed E-state index contributed by atoms with van der Waals surface area (Å²) in [7, 11) is -1.63. The minimum Gasteiger partial charge on any atom is -0.495 e. The average Bonchev–Trinajstić information content (AvgIpc) is 3.32. The van der Waals surface area contributed by atoms with E-state index in [4.69, 9.17) is 4.74 Å². The number of methoxy groups -OCH3 is 1. The zero-order valence-electron chi connectivity index (χ0n) is 26.4. The summed E-state index contributed by atoms with van der Waals surface area (Å²) < 4.78 is 60.5. The number of pyridine rings is 1. The number of hydrogen-bond acceptors (Lipinski definition) is 9. The number of nitrogens with one attached hydrogen (secondary N) is 2. The van der Waals surface area contributed by atoms with Crippen molar-refractivity contribution in [3.8, 4) is 5.75 Å². The maximum Gasteiger partial charge on any atom is 0.421 e. The van der Waals surface area contributed by atoms with Gasteiger partial charge >= 0.3 is 13.8 Å². The molecule has 3 heterocycles. The minimum atomic E-state index is -4.84. The number of aromatic nitrogens is 3. The van der Waals surface area contributed by atoms with E-state index in [0.717, 1.165) is 0 Å². The summed E-state index contributed by atoms with van der Waals surface area (Å²) in [5.74, 6) is -1.02. The van der Waals surface area contributed by atoms with Crippen molar-refractivity contribution in [3.05, 3.63) is 58.5 Å². The van der Waals surface area contributed by atoms with Crippen molar-refractivity contribution in [2.45, 2.75) is 82.3 Å². The standard InChI is InChI=1S/C31H38F3N6O6P/c1-5-30(6-2,47(43,44)45)18-9-12-22(24(13-18)46-4)38-29-36-14-21(31(32,33)34)27(39-29)37-23-15-35-26(17-7-10-19(41)11-8-17)20-16-40(3)28(42)25(20)23/h9,12-15,17,19,41H,5-8,10-11,16H2,1-4H3,(H2,43,44,45)(H2,36,37,38,39). The number of hydrogen-bond donors (Lipinski definition) is 5. The zero-order chi connectivity index (χ0) is 34.3. The number of amides is 1. The van der Waals surface area contributed by atoms with Crippen molar-refractivity contribution in [1.82, 2.24) is 19.9 Å². The number of anilines is 4. The fraction of sp³-hybridized carbons (Fsp3) is 0.484. The molecule has 1 saturated carbocycles. The molecule has 12 nitrogen and oxygen atoms in total. The van der Waals surface area contributed by atoms with Crippen LogP contribution in [0.5, 0.6) is 5.75 Å². The Labute approximate surface area is 270 Å². The summed E-state index contributed by atoms with van der Waals surface area (Å²) in [6.07, 6.45) is -0.367.